The van der Waals surface area contributed by atoms with Crippen LogP contribution in [0, 0.1) is 0 Å². The summed E-state index contributed by atoms with van der Waals surface area (Å²) >= 11 is 0. The van der Waals surface area contributed by atoms with Gasteiger partial charge in [-0.05, 0) is 19.3 Å². The Bertz CT molecular complexity index is 187. The van der Waals surface area contributed by atoms with Crippen LogP contribution in [0.3, 0.4) is 0 Å². The van der Waals surface area contributed by atoms with Crippen molar-refractivity contribution in [2.75, 3.05) is 0 Å². The Morgan fingerprint density at radius 2 is 1.40 bits per heavy atom. The van der Waals surface area contributed by atoms with E-state index in [1.54, 1.807) is 0 Å². The first-order chi connectivity index (χ1) is 7.16. The fourth-order valence-corrected chi connectivity index (χ4v) is 1.45. The van der Waals surface area contributed by atoms with E-state index >= 15 is 0 Å². The van der Waals surface area contributed by atoms with Crippen molar-refractivity contribution in [3.05, 3.63) is 0 Å². The lowest BCUT2D eigenvalue weighted by molar-refractivity contribution is -0.137. The van der Waals surface area contributed by atoms with Crippen LogP contribution in [-0.4, -0.2) is 16.9 Å². The zero-order valence-electron chi connectivity index (χ0n) is 9.63. The van der Waals surface area contributed by atoms with Crippen molar-refractivity contribution in [2.45, 2.75) is 64.7 Å². The highest BCUT2D eigenvalue weighted by molar-refractivity contribution is 5.78. The van der Waals surface area contributed by atoms with Gasteiger partial charge in [-0.3, -0.25) is 9.59 Å². The monoisotopic (exact) mass is 214 g/mol. The number of carbonyl (C=O) groups is 2. The fraction of sp³-hybridized carbons (Fsp3) is 0.833. The van der Waals surface area contributed by atoms with Gasteiger partial charge in [0.15, 0.2) is 0 Å². The lowest BCUT2D eigenvalue weighted by atomic mass is 10.1. The van der Waals surface area contributed by atoms with Gasteiger partial charge in [-0.15, -0.1) is 0 Å². The molecular formula is C12H22O3. The zero-order valence-corrected chi connectivity index (χ0v) is 9.63. The third-order valence-corrected chi connectivity index (χ3v) is 2.41. The molecule has 0 radical (unpaired) electrons. The molecule has 3 heteroatoms. The number of carboxylic acids is 1. The summed E-state index contributed by atoms with van der Waals surface area (Å²) in [6, 6.07) is 0. The molecule has 88 valence electrons. The number of carboxylic acid groups (broad SMARTS) is 1. The number of ketones is 1. The predicted octanol–water partition coefficient (Wildman–Crippen LogP) is 3.17. The predicted molar refractivity (Wildman–Crippen MR) is 59.9 cm³/mol. The van der Waals surface area contributed by atoms with Crippen molar-refractivity contribution in [2.24, 2.45) is 0 Å². The molecule has 0 saturated heterocycles. The fourth-order valence-electron chi connectivity index (χ4n) is 1.45. The Balaban J connectivity index is 3.16. The normalized spacial score (nSPS) is 10.2. The molecule has 0 spiro atoms. The van der Waals surface area contributed by atoms with Crippen LogP contribution in [0.4, 0.5) is 0 Å². The second-order valence-electron chi connectivity index (χ2n) is 3.95. The van der Waals surface area contributed by atoms with E-state index < -0.39 is 5.97 Å². The van der Waals surface area contributed by atoms with Gasteiger partial charge in [0, 0.05) is 19.3 Å². The van der Waals surface area contributed by atoms with Crippen molar-refractivity contribution < 1.29 is 14.7 Å². The molecule has 0 aromatic heterocycles. The summed E-state index contributed by atoms with van der Waals surface area (Å²) in [4.78, 5) is 21.5. The minimum absolute atomic E-state index is 0.254. The number of hydrogen-bond acceptors (Lipinski definition) is 2. The first-order valence-corrected chi connectivity index (χ1v) is 5.90. The molecule has 0 aliphatic carbocycles. The molecule has 0 saturated carbocycles. The minimum Gasteiger partial charge on any atom is -0.481 e. The van der Waals surface area contributed by atoms with Crippen molar-refractivity contribution in [3.63, 3.8) is 0 Å². The molecule has 0 bridgehead atoms. The standard InChI is InChI=1S/C12H22O3/c1-2-3-8-11(13)9-6-4-5-7-10-12(14)15/h2-10H2,1H3,(H,14,15). The Morgan fingerprint density at radius 1 is 0.867 bits per heavy atom. The average molecular weight is 214 g/mol. The Morgan fingerprint density at radius 3 is 1.93 bits per heavy atom. The van der Waals surface area contributed by atoms with Crippen molar-refractivity contribution in [3.8, 4) is 0 Å². The smallest absolute Gasteiger partial charge is 0.303 e. The molecule has 0 aromatic rings. The molecule has 0 aliphatic heterocycles. The van der Waals surface area contributed by atoms with Crippen LogP contribution in [0.15, 0.2) is 0 Å². The largest absolute Gasteiger partial charge is 0.481 e. The molecule has 0 atom stereocenters. The first kappa shape index (κ1) is 14.1. The second kappa shape index (κ2) is 9.69. The number of aliphatic carboxylic acids is 1. The Labute approximate surface area is 91.9 Å². The molecule has 0 rings (SSSR count). The maximum atomic E-state index is 11.2. The third kappa shape index (κ3) is 11.1. The molecule has 0 aliphatic rings. The molecule has 1 N–H and O–H groups in total. The highest BCUT2D eigenvalue weighted by Gasteiger charge is 2.01. The quantitative estimate of drug-likeness (QED) is 0.568. The first-order valence-electron chi connectivity index (χ1n) is 5.90. The second-order valence-corrected chi connectivity index (χ2v) is 3.95. The van der Waals surface area contributed by atoms with Gasteiger partial charge in [-0.1, -0.05) is 26.2 Å². The van der Waals surface area contributed by atoms with Crippen LogP contribution in [0.5, 0.6) is 0 Å². The van der Waals surface area contributed by atoms with E-state index in [0.717, 1.165) is 38.5 Å². The van der Waals surface area contributed by atoms with E-state index in [-0.39, 0.29) is 6.42 Å². The molecule has 0 unspecified atom stereocenters. The number of hydrogen-bond donors (Lipinski definition) is 1. The van der Waals surface area contributed by atoms with Crippen LogP contribution < -0.4 is 0 Å². The summed E-state index contributed by atoms with van der Waals surface area (Å²) in [6.45, 7) is 2.08. The van der Waals surface area contributed by atoms with Crippen LogP contribution in [0.2, 0.25) is 0 Å². The van der Waals surface area contributed by atoms with Gasteiger partial charge in [0.25, 0.3) is 0 Å². The lowest BCUT2D eigenvalue weighted by Gasteiger charge is -2.00. The molecule has 0 heterocycles. The molecular weight excluding hydrogens is 192 g/mol. The molecule has 0 amide bonds. The van der Waals surface area contributed by atoms with Crippen LogP contribution in [-0.2, 0) is 9.59 Å². The van der Waals surface area contributed by atoms with E-state index in [9.17, 15) is 9.59 Å². The summed E-state index contributed by atoms with van der Waals surface area (Å²) in [5.41, 5.74) is 0. The van der Waals surface area contributed by atoms with Gasteiger partial charge >= 0.3 is 5.97 Å². The summed E-state index contributed by atoms with van der Waals surface area (Å²) < 4.78 is 0. The number of rotatable bonds is 10. The highest BCUT2D eigenvalue weighted by Crippen LogP contribution is 2.08. The van der Waals surface area contributed by atoms with Crippen LogP contribution in [0.25, 0.3) is 0 Å². The summed E-state index contributed by atoms with van der Waals surface area (Å²) in [5.74, 6) is -0.371. The van der Waals surface area contributed by atoms with Gasteiger partial charge in [0.1, 0.15) is 5.78 Å². The molecule has 15 heavy (non-hydrogen) atoms. The Hall–Kier alpha value is -0.860. The van der Waals surface area contributed by atoms with E-state index in [1.165, 1.54) is 0 Å². The summed E-state index contributed by atoms with van der Waals surface area (Å²) in [5, 5.41) is 8.40. The van der Waals surface area contributed by atoms with E-state index in [4.69, 9.17) is 5.11 Å². The third-order valence-electron chi connectivity index (χ3n) is 2.41. The van der Waals surface area contributed by atoms with Gasteiger partial charge in [0.2, 0.25) is 0 Å². The van der Waals surface area contributed by atoms with Crippen molar-refractivity contribution in [1.29, 1.82) is 0 Å². The summed E-state index contributed by atoms with van der Waals surface area (Å²) in [7, 11) is 0. The summed E-state index contributed by atoms with van der Waals surface area (Å²) in [6.07, 6.45) is 7.27. The van der Waals surface area contributed by atoms with Crippen molar-refractivity contribution in [1.82, 2.24) is 0 Å². The van der Waals surface area contributed by atoms with Crippen LogP contribution >= 0.6 is 0 Å². The topological polar surface area (TPSA) is 54.4 Å². The number of Topliss-reactive ketones (excluding diaryl/α,β-unsaturated/α-hetero) is 1. The van der Waals surface area contributed by atoms with E-state index in [0.29, 0.717) is 18.6 Å². The highest BCUT2D eigenvalue weighted by atomic mass is 16.4. The molecule has 0 aromatic carbocycles. The molecule has 0 fully saturated rings. The SMILES string of the molecule is CCCCC(=O)CCCCCCC(=O)O. The van der Waals surface area contributed by atoms with Gasteiger partial charge in [-0.25, -0.2) is 0 Å². The van der Waals surface area contributed by atoms with Gasteiger partial charge in [-0.2, -0.15) is 0 Å². The van der Waals surface area contributed by atoms with Gasteiger partial charge in [0.05, 0.1) is 0 Å². The maximum absolute atomic E-state index is 11.2. The van der Waals surface area contributed by atoms with Crippen molar-refractivity contribution >= 4 is 11.8 Å². The minimum atomic E-state index is -0.728. The molecule has 3 nitrogen and oxygen atoms in total. The number of unbranched alkanes of at least 4 members (excludes halogenated alkanes) is 4. The van der Waals surface area contributed by atoms with Crippen LogP contribution in [0.1, 0.15) is 64.7 Å². The Kier molecular flexibility index (Phi) is 9.13. The van der Waals surface area contributed by atoms with Gasteiger partial charge < -0.3 is 5.11 Å². The van der Waals surface area contributed by atoms with E-state index in [1.807, 2.05) is 0 Å². The van der Waals surface area contributed by atoms with E-state index in [2.05, 4.69) is 6.92 Å². The maximum Gasteiger partial charge on any atom is 0.303 e. The average Bonchev–Trinajstić information content (AvgIpc) is 2.19. The zero-order chi connectivity index (χ0) is 11.5. The lowest BCUT2D eigenvalue weighted by Crippen LogP contribution is -1.97. The number of carbonyl (C=O) groups excluding carboxylic acids is 1.